The van der Waals surface area contributed by atoms with Gasteiger partial charge >= 0.3 is 5.97 Å². The van der Waals surface area contributed by atoms with E-state index in [0.29, 0.717) is 0 Å². The molecule has 1 N–H and O–H groups in total. The molecular formula is C9H14O3. The molecule has 1 aliphatic carbocycles. The van der Waals surface area contributed by atoms with E-state index in [2.05, 4.69) is 0 Å². The molecule has 0 aliphatic heterocycles. The van der Waals surface area contributed by atoms with Crippen LogP contribution in [-0.2, 0) is 9.59 Å². The Hall–Kier alpha value is -0.860. The van der Waals surface area contributed by atoms with Gasteiger partial charge in [0, 0.05) is 12.3 Å². The zero-order valence-electron chi connectivity index (χ0n) is 7.63. The van der Waals surface area contributed by atoms with Crippen LogP contribution >= 0.6 is 0 Å². The van der Waals surface area contributed by atoms with Crippen LogP contribution in [0.25, 0.3) is 0 Å². The average molecular weight is 170 g/mol. The van der Waals surface area contributed by atoms with Gasteiger partial charge in [-0.15, -0.1) is 0 Å². The van der Waals surface area contributed by atoms with Crippen molar-refractivity contribution in [2.45, 2.75) is 27.2 Å². The number of hydrogen-bond acceptors (Lipinski definition) is 2. The van der Waals surface area contributed by atoms with E-state index >= 15 is 0 Å². The fraction of sp³-hybridized carbons (Fsp3) is 0.778. The Morgan fingerprint density at radius 3 is 2.25 bits per heavy atom. The van der Waals surface area contributed by atoms with E-state index in [0.717, 1.165) is 0 Å². The van der Waals surface area contributed by atoms with Crippen LogP contribution in [0.1, 0.15) is 27.2 Å². The summed E-state index contributed by atoms with van der Waals surface area (Å²) in [6, 6.07) is 0. The first-order valence-electron chi connectivity index (χ1n) is 4.13. The average Bonchev–Trinajstić information content (AvgIpc) is 2.13. The van der Waals surface area contributed by atoms with Crippen LogP contribution in [0.3, 0.4) is 0 Å². The fourth-order valence-corrected chi connectivity index (χ4v) is 1.76. The second-order valence-corrected chi connectivity index (χ2v) is 4.10. The molecule has 1 saturated carbocycles. The summed E-state index contributed by atoms with van der Waals surface area (Å²) >= 11 is 0. The third-order valence-corrected chi connectivity index (χ3v) is 3.20. The first-order valence-corrected chi connectivity index (χ1v) is 4.13. The van der Waals surface area contributed by atoms with Crippen LogP contribution in [0, 0.1) is 17.3 Å². The number of carboxylic acids is 1. The molecule has 68 valence electrons. The minimum absolute atomic E-state index is 0.0763. The molecule has 2 unspecified atom stereocenters. The van der Waals surface area contributed by atoms with Crippen LogP contribution < -0.4 is 0 Å². The SMILES string of the molecule is CC1C(=O)CC(C(=O)O)C1(C)C. The number of ketones is 1. The van der Waals surface area contributed by atoms with Crippen LogP contribution in [-0.4, -0.2) is 16.9 Å². The fourth-order valence-electron chi connectivity index (χ4n) is 1.76. The van der Waals surface area contributed by atoms with Gasteiger partial charge in [0.1, 0.15) is 5.78 Å². The molecule has 0 saturated heterocycles. The van der Waals surface area contributed by atoms with E-state index in [1.54, 1.807) is 0 Å². The molecule has 3 nitrogen and oxygen atoms in total. The van der Waals surface area contributed by atoms with E-state index in [-0.39, 0.29) is 23.5 Å². The molecule has 0 spiro atoms. The minimum atomic E-state index is -0.849. The first kappa shape index (κ1) is 9.23. The lowest BCUT2D eigenvalue weighted by Gasteiger charge is -2.26. The van der Waals surface area contributed by atoms with Crippen molar-refractivity contribution in [3.05, 3.63) is 0 Å². The van der Waals surface area contributed by atoms with Crippen molar-refractivity contribution < 1.29 is 14.7 Å². The molecule has 1 rings (SSSR count). The standard InChI is InChI=1S/C9H14O3/c1-5-7(10)4-6(8(11)12)9(5,2)3/h5-6H,4H2,1-3H3,(H,11,12). The number of hydrogen-bond donors (Lipinski definition) is 1. The maximum atomic E-state index is 11.2. The number of carbonyl (C=O) groups is 2. The quantitative estimate of drug-likeness (QED) is 0.645. The number of aliphatic carboxylic acids is 1. The minimum Gasteiger partial charge on any atom is -0.481 e. The van der Waals surface area contributed by atoms with E-state index in [4.69, 9.17) is 5.11 Å². The second kappa shape index (κ2) is 2.57. The molecule has 1 fully saturated rings. The topological polar surface area (TPSA) is 54.4 Å². The highest BCUT2D eigenvalue weighted by Crippen LogP contribution is 2.44. The lowest BCUT2D eigenvalue weighted by atomic mass is 9.76. The van der Waals surface area contributed by atoms with E-state index < -0.39 is 11.9 Å². The Morgan fingerprint density at radius 2 is 2.08 bits per heavy atom. The zero-order valence-corrected chi connectivity index (χ0v) is 7.63. The van der Waals surface area contributed by atoms with Crippen molar-refractivity contribution in [3.8, 4) is 0 Å². The summed E-state index contributed by atoms with van der Waals surface area (Å²) < 4.78 is 0. The highest BCUT2D eigenvalue weighted by molar-refractivity contribution is 5.90. The van der Waals surface area contributed by atoms with Crippen molar-refractivity contribution in [1.29, 1.82) is 0 Å². The lowest BCUT2D eigenvalue weighted by Crippen LogP contribution is -2.29. The molecule has 0 heterocycles. The predicted molar refractivity (Wildman–Crippen MR) is 43.7 cm³/mol. The Labute approximate surface area is 71.8 Å². The smallest absolute Gasteiger partial charge is 0.307 e. The molecule has 0 aromatic heterocycles. The van der Waals surface area contributed by atoms with E-state index in [9.17, 15) is 9.59 Å². The van der Waals surface area contributed by atoms with Crippen LogP contribution in [0.2, 0.25) is 0 Å². The maximum absolute atomic E-state index is 11.2. The van der Waals surface area contributed by atoms with Gasteiger partial charge in [-0.25, -0.2) is 0 Å². The Morgan fingerprint density at radius 1 is 1.58 bits per heavy atom. The predicted octanol–water partition coefficient (Wildman–Crippen LogP) is 1.32. The number of rotatable bonds is 1. The summed E-state index contributed by atoms with van der Waals surface area (Å²) in [5, 5.41) is 8.83. The zero-order chi connectivity index (χ0) is 9.52. The monoisotopic (exact) mass is 170 g/mol. The molecule has 2 atom stereocenters. The molecule has 12 heavy (non-hydrogen) atoms. The summed E-state index contributed by atoms with van der Waals surface area (Å²) in [5.41, 5.74) is -0.386. The summed E-state index contributed by atoms with van der Waals surface area (Å²) in [6.45, 7) is 5.51. The molecule has 0 aromatic carbocycles. The normalized spacial score (nSPS) is 33.8. The molecule has 0 radical (unpaired) electrons. The lowest BCUT2D eigenvalue weighted by molar-refractivity contribution is -0.145. The van der Waals surface area contributed by atoms with Crippen molar-refractivity contribution in [2.75, 3.05) is 0 Å². The highest BCUT2D eigenvalue weighted by atomic mass is 16.4. The van der Waals surface area contributed by atoms with E-state index in [1.165, 1.54) is 0 Å². The first-order chi connectivity index (χ1) is 5.37. The van der Waals surface area contributed by atoms with Gasteiger partial charge in [0.15, 0.2) is 0 Å². The van der Waals surface area contributed by atoms with Gasteiger partial charge < -0.3 is 5.11 Å². The molecule has 0 aromatic rings. The molecule has 1 aliphatic rings. The van der Waals surface area contributed by atoms with Crippen molar-refractivity contribution in [1.82, 2.24) is 0 Å². The third kappa shape index (κ3) is 1.13. The van der Waals surface area contributed by atoms with Gasteiger partial charge in [0.25, 0.3) is 0 Å². The largest absolute Gasteiger partial charge is 0.481 e. The Balaban J connectivity index is 2.95. The van der Waals surface area contributed by atoms with Gasteiger partial charge in [0.05, 0.1) is 5.92 Å². The summed E-state index contributed by atoms with van der Waals surface area (Å²) in [6.07, 6.45) is 0.198. The second-order valence-electron chi connectivity index (χ2n) is 4.10. The maximum Gasteiger partial charge on any atom is 0.307 e. The number of carboxylic acid groups (broad SMARTS) is 1. The van der Waals surface area contributed by atoms with Gasteiger partial charge in [-0.3, -0.25) is 9.59 Å². The van der Waals surface area contributed by atoms with Crippen LogP contribution in [0.4, 0.5) is 0 Å². The molecular weight excluding hydrogens is 156 g/mol. The Bertz CT molecular complexity index is 230. The Kier molecular flexibility index (Phi) is 1.98. The van der Waals surface area contributed by atoms with Crippen LogP contribution in [0.5, 0.6) is 0 Å². The number of carbonyl (C=O) groups excluding carboxylic acids is 1. The van der Waals surface area contributed by atoms with Gasteiger partial charge in [0.2, 0.25) is 0 Å². The van der Waals surface area contributed by atoms with E-state index in [1.807, 2.05) is 20.8 Å². The van der Waals surface area contributed by atoms with Gasteiger partial charge in [-0.2, -0.15) is 0 Å². The molecule has 3 heteroatoms. The number of Topliss-reactive ketones (excluding diaryl/α,β-unsaturated/α-hetero) is 1. The highest BCUT2D eigenvalue weighted by Gasteiger charge is 2.49. The summed E-state index contributed by atoms with van der Waals surface area (Å²) in [7, 11) is 0. The van der Waals surface area contributed by atoms with Gasteiger partial charge in [-0.1, -0.05) is 20.8 Å². The summed E-state index contributed by atoms with van der Waals surface area (Å²) in [4.78, 5) is 22.0. The molecule has 0 amide bonds. The van der Waals surface area contributed by atoms with Crippen molar-refractivity contribution in [2.24, 2.45) is 17.3 Å². The van der Waals surface area contributed by atoms with Crippen molar-refractivity contribution in [3.63, 3.8) is 0 Å². The summed E-state index contributed by atoms with van der Waals surface area (Å²) in [5.74, 6) is -1.40. The third-order valence-electron chi connectivity index (χ3n) is 3.20. The van der Waals surface area contributed by atoms with Gasteiger partial charge in [-0.05, 0) is 5.41 Å². The van der Waals surface area contributed by atoms with Crippen LogP contribution in [0.15, 0.2) is 0 Å². The molecule has 0 bridgehead atoms. The van der Waals surface area contributed by atoms with Crippen molar-refractivity contribution >= 4 is 11.8 Å².